The molecule has 0 unspecified atom stereocenters. The topological polar surface area (TPSA) is 105 Å². The second-order valence-electron chi connectivity index (χ2n) is 5.70. The zero-order valence-corrected chi connectivity index (χ0v) is 15.2. The number of fused-ring (bicyclic) bond motifs is 1. The number of benzene rings is 1. The number of rotatable bonds is 6. The van der Waals surface area contributed by atoms with E-state index in [-0.39, 0.29) is 22.6 Å². The molecule has 2 aromatic heterocycles. The molecule has 0 fully saturated rings. The highest BCUT2D eigenvalue weighted by atomic mass is 16.6. The van der Waals surface area contributed by atoms with Crippen LogP contribution in [-0.4, -0.2) is 41.4 Å². The summed E-state index contributed by atoms with van der Waals surface area (Å²) in [6, 6.07) is 4.61. The maximum Gasteiger partial charge on any atom is 0.315 e. The van der Waals surface area contributed by atoms with Gasteiger partial charge in [0.25, 0.3) is 0 Å². The number of pyridine rings is 1. The fourth-order valence-corrected chi connectivity index (χ4v) is 2.82. The van der Waals surface area contributed by atoms with E-state index in [1.54, 1.807) is 19.2 Å². The lowest BCUT2D eigenvalue weighted by Crippen LogP contribution is -2.04. The lowest BCUT2D eigenvalue weighted by atomic mass is 10.1. The molecule has 0 amide bonds. The van der Waals surface area contributed by atoms with Gasteiger partial charge in [0.2, 0.25) is 17.2 Å². The van der Waals surface area contributed by atoms with Gasteiger partial charge in [-0.05, 0) is 25.1 Å². The van der Waals surface area contributed by atoms with Crippen molar-refractivity contribution < 1.29 is 23.9 Å². The average molecular weight is 371 g/mol. The molecular weight excluding hydrogens is 354 g/mol. The zero-order chi connectivity index (χ0) is 19.7. The summed E-state index contributed by atoms with van der Waals surface area (Å²) in [6.45, 7) is 1.62. The predicted octanol–water partition coefficient (Wildman–Crippen LogP) is 2.81. The van der Waals surface area contributed by atoms with Crippen LogP contribution in [0.15, 0.2) is 30.6 Å². The first kappa shape index (κ1) is 18.2. The molecule has 2 heterocycles. The summed E-state index contributed by atoms with van der Waals surface area (Å²) >= 11 is 0. The van der Waals surface area contributed by atoms with E-state index in [0.717, 1.165) is 0 Å². The van der Waals surface area contributed by atoms with E-state index < -0.39 is 10.7 Å². The molecule has 0 spiro atoms. The van der Waals surface area contributed by atoms with E-state index in [4.69, 9.17) is 14.2 Å². The van der Waals surface area contributed by atoms with Gasteiger partial charge in [-0.25, -0.2) is 4.98 Å². The maximum atomic E-state index is 12.9. The van der Waals surface area contributed by atoms with Gasteiger partial charge < -0.3 is 18.6 Å². The molecule has 140 valence electrons. The first-order chi connectivity index (χ1) is 12.9. The van der Waals surface area contributed by atoms with Crippen LogP contribution >= 0.6 is 0 Å². The maximum absolute atomic E-state index is 12.9. The lowest BCUT2D eigenvalue weighted by Gasteiger charge is -2.13. The average Bonchev–Trinajstić information content (AvgIpc) is 3.09. The van der Waals surface area contributed by atoms with Crippen LogP contribution in [0.1, 0.15) is 21.6 Å². The Labute approximate surface area is 154 Å². The predicted molar refractivity (Wildman–Crippen MR) is 96.1 cm³/mol. The van der Waals surface area contributed by atoms with Gasteiger partial charge in [-0.15, -0.1) is 0 Å². The van der Waals surface area contributed by atoms with Gasteiger partial charge in [0.05, 0.1) is 26.3 Å². The highest BCUT2D eigenvalue weighted by Crippen LogP contribution is 2.38. The van der Waals surface area contributed by atoms with Crippen LogP contribution in [0.5, 0.6) is 17.2 Å². The quantitative estimate of drug-likeness (QED) is 0.373. The van der Waals surface area contributed by atoms with E-state index >= 15 is 0 Å². The van der Waals surface area contributed by atoms with Gasteiger partial charge in [-0.3, -0.25) is 14.9 Å². The molecule has 0 N–H and O–H groups in total. The number of carbonyl (C=O) groups is 1. The summed E-state index contributed by atoms with van der Waals surface area (Å²) < 4.78 is 17.2. The van der Waals surface area contributed by atoms with Gasteiger partial charge in [-0.1, -0.05) is 0 Å². The second kappa shape index (κ2) is 6.94. The van der Waals surface area contributed by atoms with E-state index in [1.165, 1.54) is 44.1 Å². The minimum atomic E-state index is -0.509. The Bertz CT molecular complexity index is 1030. The van der Waals surface area contributed by atoms with Crippen molar-refractivity contribution >= 4 is 17.1 Å². The molecule has 0 radical (unpaired) electrons. The molecule has 0 aliphatic carbocycles. The van der Waals surface area contributed by atoms with Crippen LogP contribution in [0.2, 0.25) is 0 Å². The molecule has 0 bridgehead atoms. The summed E-state index contributed by atoms with van der Waals surface area (Å²) in [7, 11) is 4.36. The summed E-state index contributed by atoms with van der Waals surface area (Å²) in [5.74, 6) is 0.583. The molecule has 0 aliphatic rings. The standard InChI is InChI=1S/C18H17N3O6/c1-10-5-6-20-9-12(19-18(20)15(10)21(23)24)16(22)11-7-13(25-2)17(27-4)14(8-11)26-3/h5-9H,1-4H3. The van der Waals surface area contributed by atoms with Gasteiger partial charge in [0, 0.05) is 23.5 Å². The lowest BCUT2D eigenvalue weighted by molar-refractivity contribution is -0.384. The largest absolute Gasteiger partial charge is 0.493 e. The van der Waals surface area contributed by atoms with E-state index in [2.05, 4.69) is 4.98 Å². The summed E-state index contributed by atoms with van der Waals surface area (Å²) in [5, 5.41) is 11.3. The van der Waals surface area contributed by atoms with Crippen molar-refractivity contribution in [3.8, 4) is 17.2 Å². The van der Waals surface area contributed by atoms with Crippen molar-refractivity contribution in [3.63, 3.8) is 0 Å². The monoisotopic (exact) mass is 371 g/mol. The summed E-state index contributed by atoms with van der Waals surface area (Å²) in [6.07, 6.45) is 3.07. The van der Waals surface area contributed by atoms with Crippen molar-refractivity contribution in [3.05, 3.63) is 57.5 Å². The molecule has 3 rings (SSSR count). The third kappa shape index (κ3) is 3.03. The molecule has 9 heteroatoms. The van der Waals surface area contributed by atoms with E-state index in [1.807, 2.05) is 0 Å². The van der Waals surface area contributed by atoms with Crippen molar-refractivity contribution in [2.24, 2.45) is 0 Å². The Morgan fingerprint density at radius 1 is 1.15 bits per heavy atom. The number of hydrogen-bond donors (Lipinski definition) is 0. The third-order valence-corrected chi connectivity index (χ3v) is 4.14. The molecule has 1 aromatic carbocycles. The van der Waals surface area contributed by atoms with Crippen LogP contribution in [0.4, 0.5) is 5.69 Å². The molecule has 0 saturated carbocycles. The van der Waals surface area contributed by atoms with Crippen molar-refractivity contribution in [2.75, 3.05) is 21.3 Å². The van der Waals surface area contributed by atoms with Crippen LogP contribution in [0.25, 0.3) is 5.65 Å². The van der Waals surface area contributed by atoms with Crippen molar-refractivity contribution in [1.29, 1.82) is 0 Å². The fraction of sp³-hybridized carbons (Fsp3) is 0.222. The van der Waals surface area contributed by atoms with Crippen LogP contribution in [0.3, 0.4) is 0 Å². The number of carbonyl (C=O) groups excluding carboxylic acids is 1. The van der Waals surface area contributed by atoms with Gasteiger partial charge >= 0.3 is 5.69 Å². The number of nitro groups is 1. The molecule has 9 nitrogen and oxygen atoms in total. The highest BCUT2D eigenvalue weighted by molar-refractivity contribution is 6.08. The summed E-state index contributed by atoms with van der Waals surface area (Å²) in [5.41, 5.74) is 0.757. The number of ketones is 1. The molecule has 0 aliphatic heterocycles. The van der Waals surface area contributed by atoms with Gasteiger partial charge in [-0.2, -0.15) is 0 Å². The minimum absolute atomic E-state index is 0.0676. The first-order valence-electron chi connectivity index (χ1n) is 7.88. The molecule has 27 heavy (non-hydrogen) atoms. The molecule has 0 atom stereocenters. The van der Waals surface area contributed by atoms with E-state index in [9.17, 15) is 14.9 Å². The van der Waals surface area contributed by atoms with Crippen LogP contribution in [-0.2, 0) is 0 Å². The number of methoxy groups -OCH3 is 3. The molecule has 0 saturated heterocycles. The number of aryl methyl sites for hydroxylation is 1. The Hall–Kier alpha value is -3.62. The number of aromatic nitrogens is 2. The smallest absolute Gasteiger partial charge is 0.315 e. The van der Waals surface area contributed by atoms with Gasteiger partial charge in [0.15, 0.2) is 11.5 Å². The fourth-order valence-electron chi connectivity index (χ4n) is 2.82. The van der Waals surface area contributed by atoms with Gasteiger partial charge in [0.1, 0.15) is 5.69 Å². The van der Waals surface area contributed by atoms with E-state index in [0.29, 0.717) is 22.8 Å². The van der Waals surface area contributed by atoms with Crippen LogP contribution in [0, 0.1) is 17.0 Å². The Kier molecular flexibility index (Phi) is 4.68. The Balaban J connectivity index is 2.14. The van der Waals surface area contributed by atoms with Crippen molar-refractivity contribution in [1.82, 2.24) is 9.38 Å². The number of imidazole rings is 1. The highest BCUT2D eigenvalue weighted by Gasteiger charge is 2.23. The Morgan fingerprint density at radius 3 is 2.30 bits per heavy atom. The SMILES string of the molecule is COc1cc(C(=O)c2cn3ccc(C)c([N+](=O)[O-])c3n2)cc(OC)c1OC. The molecule has 3 aromatic rings. The number of nitrogens with zero attached hydrogens (tertiary/aromatic N) is 3. The minimum Gasteiger partial charge on any atom is -0.493 e. The normalized spacial score (nSPS) is 10.7. The summed E-state index contributed by atoms with van der Waals surface area (Å²) in [4.78, 5) is 27.9. The number of hydrogen-bond acceptors (Lipinski definition) is 7. The van der Waals surface area contributed by atoms with Crippen molar-refractivity contribution in [2.45, 2.75) is 6.92 Å². The third-order valence-electron chi connectivity index (χ3n) is 4.14. The second-order valence-corrected chi connectivity index (χ2v) is 5.70. The molecular formula is C18H17N3O6. The Morgan fingerprint density at radius 2 is 1.78 bits per heavy atom. The zero-order valence-electron chi connectivity index (χ0n) is 15.2. The van der Waals surface area contributed by atoms with Crippen LogP contribution < -0.4 is 14.2 Å². The first-order valence-corrected chi connectivity index (χ1v) is 7.88. The number of ether oxygens (including phenoxy) is 3.